The van der Waals surface area contributed by atoms with Gasteiger partial charge in [-0.15, -0.1) is 0 Å². The fraction of sp³-hybridized carbons (Fsp3) is 0.531. The summed E-state index contributed by atoms with van der Waals surface area (Å²) in [4.78, 5) is 45.9. The number of rotatable bonds is 12. The molecule has 3 N–H and O–H groups in total. The molecule has 0 aromatic heterocycles. The lowest BCUT2D eigenvalue weighted by atomic mass is 9.65. The Kier molecular flexibility index (Phi) is 8.38. The van der Waals surface area contributed by atoms with Gasteiger partial charge in [0, 0.05) is 43.3 Å². The Morgan fingerprint density at radius 3 is 2.24 bits per heavy atom. The molecule has 0 radical (unpaired) electrons. The molecule has 3 fully saturated rings. The Morgan fingerprint density at radius 1 is 0.951 bits per heavy atom. The normalized spacial score (nSPS) is 28.0. The van der Waals surface area contributed by atoms with Gasteiger partial charge in [-0.1, -0.05) is 25.1 Å². The van der Waals surface area contributed by atoms with E-state index in [0.29, 0.717) is 50.0 Å². The highest BCUT2D eigenvalue weighted by Crippen LogP contribution is 2.64. The molecular formula is C32H42N4O5. The molecule has 0 aliphatic carbocycles. The van der Waals surface area contributed by atoms with Crippen molar-refractivity contribution in [2.75, 3.05) is 41.8 Å². The first-order valence-electron chi connectivity index (χ1n) is 15.0. The average Bonchev–Trinajstić information content (AvgIpc) is 3.59. The fourth-order valence-electron chi connectivity index (χ4n) is 7.35. The number of benzene rings is 2. The first kappa shape index (κ1) is 29.1. The SMILES string of the molecule is CCN(CC)c1ccc(NC(=O)C2N(CCCCO)C(=O)[C@@H]3[C@@H](C(=O)Nc4ccccc4)[C@@]4(CC)CCC23O4)cc1. The third-order valence-corrected chi connectivity index (χ3v) is 9.32. The number of carbonyl (C=O) groups is 3. The van der Waals surface area contributed by atoms with Crippen LogP contribution >= 0.6 is 0 Å². The van der Waals surface area contributed by atoms with Crippen LogP contribution in [-0.4, -0.2) is 71.2 Å². The van der Waals surface area contributed by atoms with Gasteiger partial charge >= 0.3 is 0 Å². The van der Waals surface area contributed by atoms with Crippen molar-refractivity contribution in [1.29, 1.82) is 0 Å². The maximum Gasteiger partial charge on any atom is 0.250 e. The highest BCUT2D eigenvalue weighted by atomic mass is 16.5. The summed E-state index contributed by atoms with van der Waals surface area (Å²) in [5.74, 6) is -2.24. The third kappa shape index (κ3) is 4.99. The van der Waals surface area contributed by atoms with Crippen molar-refractivity contribution in [3.05, 3.63) is 54.6 Å². The van der Waals surface area contributed by atoms with E-state index >= 15 is 0 Å². The van der Waals surface area contributed by atoms with E-state index in [1.807, 2.05) is 61.5 Å². The van der Waals surface area contributed by atoms with E-state index in [0.717, 1.165) is 18.8 Å². The van der Waals surface area contributed by atoms with Crippen LogP contribution in [-0.2, 0) is 19.1 Å². The highest BCUT2D eigenvalue weighted by molar-refractivity contribution is 6.05. The summed E-state index contributed by atoms with van der Waals surface area (Å²) in [7, 11) is 0. The highest BCUT2D eigenvalue weighted by Gasteiger charge is 2.78. The van der Waals surface area contributed by atoms with E-state index < -0.39 is 29.1 Å². The monoisotopic (exact) mass is 562 g/mol. The molecule has 9 nitrogen and oxygen atoms in total. The zero-order chi connectivity index (χ0) is 29.2. The minimum absolute atomic E-state index is 0.00387. The molecule has 1 spiro atoms. The summed E-state index contributed by atoms with van der Waals surface area (Å²) in [5.41, 5.74) is 0.484. The predicted octanol–water partition coefficient (Wildman–Crippen LogP) is 4.04. The summed E-state index contributed by atoms with van der Waals surface area (Å²) < 4.78 is 6.81. The van der Waals surface area contributed by atoms with Crippen molar-refractivity contribution < 1.29 is 24.2 Å². The van der Waals surface area contributed by atoms with Crippen molar-refractivity contribution >= 4 is 34.8 Å². The number of anilines is 3. The van der Waals surface area contributed by atoms with Crippen LogP contribution in [0.1, 0.15) is 52.9 Å². The Morgan fingerprint density at radius 2 is 1.61 bits per heavy atom. The van der Waals surface area contributed by atoms with Crippen molar-refractivity contribution in [3.8, 4) is 0 Å². The van der Waals surface area contributed by atoms with Gasteiger partial charge in [0.2, 0.25) is 17.7 Å². The van der Waals surface area contributed by atoms with Crippen LogP contribution in [0.5, 0.6) is 0 Å². The van der Waals surface area contributed by atoms with Crippen molar-refractivity contribution in [1.82, 2.24) is 4.90 Å². The predicted molar refractivity (Wildman–Crippen MR) is 159 cm³/mol. The second-order valence-corrected chi connectivity index (χ2v) is 11.4. The van der Waals surface area contributed by atoms with Crippen LogP contribution in [0.4, 0.5) is 17.1 Å². The number of fused-ring (bicyclic) bond motifs is 1. The van der Waals surface area contributed by atoms with Crippen LogP contribution in [0.3, 0.4) is 0 Å². The number of hydrogen-bond donors (Lipinski definition) is 3. The standard InChI is InChI=1S/C32H42N4O5/c1-4-31-18-19-32(41-31)26(25(31)28(38)33-22-12-8-7-9-13-22)30(40)36(20-10-11-21-37)27(32)29(39)34-23-14-16-24(17-15-23)35(5-2)6-3/h7-9,12-17,25-27,37H,4-6,10-11,18-21H2,1-3H3,(H,33,38)(H,34,39)/t25-,26-,27?,31+,32?/m0/s1. The van der Waals surface area contributed by atoms with Crippen LogP contribution < -0.4 is 15.5 Å². The average molecular weight is 563 g/mol. The first-order chi connectivity index (χ1) is 19.8. The number of likely N-dealkylation sites (tertiary alicyclic amines) is 1. The molecule has 0 saturated carbocycles. The molecule has 2 bridgehead atoms. The molecule has 41 heavy (non-hydrogen) atoms. The van der Waals surface area contributed by atoms with Gasteiger partial charge in [-0.25, -0.2) is 0 Å². The van der Waals surface area contributed by atoms with Gasteiger partial charge in [0.15, 0.2) is 0 Å². The van der Waals surface area contributed by atoms with E-state index in [1.165, 1.54) is 0 Å². The van der Waals surface area contributed by atoms with Crippen LogP contribution in [0, 0.1) is 11.8 Å². The molecule has 5 rings (SSSR count). The van der Waals surface area contributed by atoms with Gasteiger partial charge in [0.25, 0.3) is 0 Å². The van der Waals surface area contributed by atoms with Gasteiger partial charge < -0.3 is 30.3 Å². The molecule has 3 heterocycles. The number of unbranched alkanes of at least 4 members (excludes halogenated alkanes) is 1. The lowest BCUT2D eigenvalue weighted by Gasteiger charge is -2.34. The second kappa shape index (κ2) is 11.8. The molecule has 5 atom stereocenters. The van der Waals surface area contributed by atoms with Crippen LogP contribution in [0.2, 0.25) is 0 Å². The van der Waals surface area contributed by atoms with Crippen LogP contribution in [0.15, 0.2) is 54.6 Å². The molecule has 9 heteroatoms. The zero-order valence-electron chi connectivity index (χ0n) is 24.3. The van der Waals surface area contributed by atoms with E-state index in [4.69, 9.17) is 4.74 Å². The van der Waals surface area contributed by atoms with Gasteiger partial charge in [-0.05, 0) is 82.3 Å². The quantitative estimate of drug-likeness (QED) is 0.337. The summed E-state index contributed by atoms with van der Waals surface area (Å²) in [6.07, 6.45) is 2.76. The Bertz CT molecular complexity index is 1250. The lowest BCUT2D eigenvalue weighted by Crippen LogP contribution is -2.53. The van der Waals surface area contributed by atoms with Crippen LogP contribution in [0.25, 0.3) is 0 Å². The summed E-state index contributed by atoms with van der Waals surface area (Å²) in [6.45, 7) is 8.27. The Labute approximate surface area is 242 Å². The number of hydrogen-bond acceptors (Lipinski definition) is 6. The topological polar surface area (TPSA) is 111 Å². The summed E-state index contributed by atoms with van der Waals surface area (Å²) in [6, 6.07) is 16.1. The Hall–Kier alpha value is -3.43. The smallest absolute Gasteiger partial charge is 0.250 e. The van der Waals surface area contributed by atoms with Gasteiger partial charge in [-0.2, -0.15) is 0 Å². The maximum absolute atomic E-state index is 14.2. The van der Waals surface area contributed by atoms with Gasteiger partial charge in [0.05, 0.1) is 17.4 Å². The van der Waals surface area contributed by atoms with Crippen molar-refractivity contribution in [3.63, 3.8) is 0 Å². The number of nitrogens with one attached hydrogen (secondary N) is 2. The number of amides is 3. The number of para-hydroxylation sites is 1. The summed E-state index contributed by atoms with van der Waals surface area (Å²) in [5, 5.41) is 15.5. The van der Waals surface area contributed by atoms with Crippen molar-refractivity contribution in [2.24, 2.45) is 11.8 Å². The molecule has 220 valence electrons. The minimum atomic E-state index is -1.09. The van der Waals surface area contributed by atoms with Crippen molar-refractivity contribution in [2.45, 2.75) is 70.1 Å². The van der Waals surface area contributed by atoms with E-state index in [1.54, 1.807) is 4.90 Å². The fourth-order valence-corrected chi connectivity index (χ4v) is 7.35. The molecular weight excluding hydrogens is 520 g/mol. The molecule has 2 aromatic rings. The van der Waals surface area contributed by atoms with E-state index in [9.17, 15) is 19.5 Å². The number of ether oxygens (including phenoxy) is 1. The van der Waals surface area contributed by atoms with E-state index in [-0.39, 0.29) is 24.3 Å². The lowest BCUT2D eigenvalue weighted by molar-refractivity contribution is -0.144. The molecule has 3 aliphatic heterocycles. The summed E-state index contributed by atoms with van der Waals surface area (Å²) >= 11 is 0. The molecule has 3 aliphatic rings. The number of nitrogens with zero attached hydrogens (tertiary/aromatic N) is 2. The first-order valence-corrected chi connectivity index (χ1v) is 15.0. The molecule has 2 unspecified atom stereocenters. The molecule has 3 amide bonds. The zero-order valence-corrected chi connectivity index (χ0v) is 24.3. The van der Waals surface area contributed by atoms with E-state index in [2.05, 4.69) is 29.4 Å². The third-order valence-electron chi connectivity index (χ3n) is 9.32. The second-order valence-electron chi connectivity index (χ2n) is 11.4. The number of carbonyl (C=O) groups excluding carboxylic acids is 3. The molecule has 2 aromatic carbocycles. The molecule has 3 saturated heterocycles. The largest absolute Gasteiger partial charge is 0.396 e. The minimum Gasteiger partial charge on any atom is -0.396 e. The maximum atomic E-state index is 14.2. The van der Waals surface area contributed by atoms with Gasteiger partial charge in [-0.3, -0.25) is 14.4 Å². The Balaban J connectivity index is 1.46. The number of aliphatic hydroxyl groups is 1. The van der Waals surface area contributed by atoms with Gasteiger partial charge in [0.1, 0.15) is 11.6 Å². The number of aliphatic hydroxyl groups excluding tert-OH is 1.